The third-order valence-electron chi connectivity index (χ3n) is 4.75. The second kappa shape index (κ2) is 9.50. The maximum Gasteiger partial charge on any atom is 0.295 e. The van der Waals surface area contributed by atoms with Crippen LogP contribution in [0.4, 0.5) is 0 Å². The van der Waals surface area contributed by atoms with Crippen LogP contribution in [0.1, 0.15) is 11.1 Å². The van der Waals surface area contributed by atoms with E-state index in [0.29, 0.717) is 6.54 Å². The molecule has 1 aliphatic heterocycles. The molecule has 3 rings (SSSR count). The van der Waals surface area contributed by atoms with E-state index in [4.69, 9.17) is 11.6 Å². The van der Waals surface area contributed by atoms with E-state index >= 15 is 0 Å². The number of hydrogen-bond acceptors (Lipinski definition) is 3. The maximum absolute atomic E-state index is 12.1. The van der Waals surface area contributed by atoms with Crippen molar-refractivity contribution in [2.45, 2.75) is 6.54 Å². The number of piperazine rings is 1. The molecule has 1 heterocycles. The second-order valence-corrected chi connectivity index (χ2v) is 7.24. The number of benzene rings is 2. The summed E-state index contributed by atoms with van der Waals surface area (Å²) in [6.07, 6.45) is 1.53. The summed E-state index contributed by atoms with van der Waals surface area (Å²) in [5.74, 6) is 0.0721. The van der Waals surface area contributed by atoms with Gasteiger partial charge in [-0.25, -0.2) is 5.43 Å². The molecule has 1 saturated heterocycles. The normalized spacial score (nSPS) is 19.9. The molecule has 0 atom stereocenters. The second-order valence-electron chi connectivity index (χ2n) is 6.83. The van der Waals surface area contributed by atoms with Crippen LogP contribution in [0.5, 0.6) is 5.75 Å². The van der Waals surface area contributed by atoms with Gasteiger partial charge in [-0.05, 0) is 23.8 Å². The molecule has 1 aliphatic rings. The summed E-state index contributed by atoms with van der Waals surface area (Å²) in [6, 6.07) is 14.7. The summed E-state index contributed by atoms with van der Waals surface area (Å²) < 4.78 is 0. The predicted octanol–water partition coefficient (Wildman–Crippen LogP) is -0.521. The molecule has 27 heavy (non-hydrogen) atoms. The topological polar surface area (TPSA) is 70.6 Å². The van der Waals surface area contributed by atoms with Crippen LogP contribution in [0.3, 0.4) is 0 Å². The number of nitrogens with zero attached hydrogens (tertiary/aromatic N) is 1. The fraction of sp³-hybridized carbons (Fsp3) is 0.300. The van der Waals surface area contributed by atoms with E-state index in [1.165, 1.54) is 21.6 Å². The van der Waals surface area contributed by atoms with Crippen molar-refractivity contribution in [3.05, 3.63) is 64.7 Å². The highest BCUT2D eigenvalue weighted by Gasteiger charge is 2.25. The molecule has 6 nitrogen and oxygen atoms in total. The molecule has 0 spiro atoms. The van der Waals surface area contributed by atoms with Crippen LogP contribution in [-0.4, -0.2) is 50.0 Å². The summed E-state index contributed by atoms with van der Waals surface area (Å²) in [5.41, 5.74) is 4.47. The molecule has 0 radical (unpaired) electrons. The van der Waals surface area contributed by atoms with Crippen molar-refractivity contribution < 1.29 is 19.7 Å². The van der Waals surface area contributed by atoms with Gasteiger partial charge >= 0.3 is 0 Å². The highest BCUT2D eigenvalue weighted by Crippen LogP contribution is 2.13. The van der Waals surface area contributed by atoms with Gasteiger partial charge in [-0.2, -0.15) is 5.10 Å². The highest BCUT2D eigenvalue weighted by molar-refractivity contribution is 6.31. The summed E-state index contributed by atoms with van der Waals surface area (Å²) in [7, 11) is 0. The molecular weight excluding hydrogens is 364 g/mol. The van der Waals surface area contributed by atoms with Crippen molar-refractivity contribution in [2.24, 2.45) is 5.10 Å². The zero-order chi connectivity index (χ0) is 19.1. The quantitative estimate of drug-likeness (QED) is 0.397. The SMILES string of the molecule is O=C(C[NH+]1CC[NH+](Cc2ccccc2Cl)CC1)NN=Cc1cccc(O)c1. The summed E-state index contributed by atoms with van der Waals surface area (Å²) in [4.78, 5) is 14.8. The Morgan fingerprint density at radius 2 is 1.85 bits per heavy atom. The van der Waals surface area contributed by atoms with Crippen molar-refractivity contribution in [3.8, 4) is 5.75 Å². The number of amides is 1. The van der Waals surface area contributed by atoms with Gasteiger partial charge in [0.2, 0.25) is 0 Å². The Morgan fingerprint density at radius 3 is 2.59 bits per heavy atom. The van der Waals surface area contributed by atoms with Gasteiger partial charge in [-0.3, -0.25) is 4.79 Å². The lowest BCUT2D eigenvalue weighted by molar-refractivity contribution is -1.02. The van der Waals surface area contributed by atoms with E-state index in [1.807, 2.05) is 24.3 Å². The first-order chi connectivity index (χ1) is 13.1. The summed E-state index contributed by atoms with van der Waals surface area (Å²) >= 11 is 6.24. The first-order valence-corrected chi connectivity index (χ1v) is 9.49. The Morgan fingerprint density at radius 1 is 1.11 bits per heavy atom. The minimum absolute atomic E-state index is 0.101. The largest absolute Gasteiger partial charge is 0.508 e. The highest BCUT2D eigenvalue weighted by atomic mass is 35.5. The fourth-order valence-electron chi connectivity index (χ4n) is 3.27. The number of phenolic OH excluding ortho intramolecular Hbond substituents is 1. The van der Waals surface area contributed by atoms with Gasteiger partial charge in [0.05, 0.1) is 6.21 Å². The minimum Gasteiger partial charge on any atom is -0.508 e. The number of carbonyl (C=O) groups excluding carboxylic acids is 1. The third kappa shape index (κ3) is 6.06. The monoisotopic (exact) mass is 388 g/mol. The van der Waals surface area contributed by atoms with E-state index in [1.54, 1.807) is 18.2 Å². The molecule has 0 aliphatic carbocycles. The van der Waals surface area contributed by atoms with Crippen LogP contribution in [0.2, 0.25) is 5.02 Å². The van der Waals surface area contributed by atoms with Crippen molar-refractivity contribution in [1.82, 2.24) is 5.43 Å². The van der Waals surface area contributed by atoms with Crippen molar-refractivity contribution in [1.29, 1.82) is 0 Å². The summed E-state index contributed by atoms with van der Waals surface area (Å²) in [5, 5.41) is 14.2. The van der Waals surface area contributed by atoms with Gasteiger partial charge in [0.1, 0.15) is 38.5 Å². The van der Waals surface area contributed by atoms with Crippen LogP contribution in [-0.2, 0) is 11.3 Å². The van der Waals surface area contributed by atoms with Crippen molar-refractivity contribution in [3.63, 3.8) is 0 Å². The molecule has 1 fully saturated rings. The van der Waals surface area contributed by atoms with E-state index in [-0.39, 0.29) is 11.7 Å². The number of rotatable bonds is 6. The molecule has 1 amide bonds. The Hall–Kier alpha value is -2.41. The van der Waals surface area contributed by atoms with Crippen LogP contribution < -0.4 is 15.2 Å². The maximum atomic E-state index is 12.1. The number of phenols is 1. The Labute approximate surface area is 164 Å². The average molecular weight is 389 g/mol. The average Bonchev–Trinajstić information content (AvgIpc) is 2.65. The summed E-state index contributed by atoms with van der Waals surface area (Å²) in [6.45, 7) is 5.26. The minimum atomic E-state index is -0.101. The Kier molecular flexibility index (Phi) is 6.81. The first-order valence-electron chi connectivity index (χ1n) is 9.11. The third-order valence-corrected chi connectivity index (χ3v) is 5.11. The molecule has 142 valence electrons. The van der Waals surface area contributed by atoms with E-state index in [2.05, 4.69) is 16.6 Å². The molecule has 0 unspecified atom stereocenters. The van der Waals surface area contributed by atoms with Crippen molar-refractivity contribution in [2.75, 3.05) is 32.7 Å². The molecule has 0 bridgehead atoms. The lowest BCUT2D eigenvalue weighted by Crippen LogP contribution is -3.28. The lowest BCUT2D eigenvalue weighted by Gasteiger charge is -2.29. The number of hydrazone groups is 1. The molecule has 2 aromatic carbocycles. The number of nitrogens with one attached hydrogen (secondary N) is 3. The van der Waals surface area contributed by atoms with Gasteiger partial charge in [-0.1, -0.05) is 41.9 Å². The number of carbonyl (C=O) groups is 1. The van der Waals surface area contributed by atoms with Crippen LogP contribution in [0, 0.1) is 0 Å². The molecule has 0 saturated carbocycles. The standard InChI is InChI=1S/C20H23ClN4O2/c21-19-7-2-1-5-17(19)14-24-8-10-25(11-9-24)15-20(27)23-22-13-16-4-3-6-18(26)12-16/h1-7,12-13,26H,8-11,14-15H2,(H,23,27)/p+2. The Bertz CT molecular complexity index is 804. The van der Waals surface area contributed by atoms with Gasteiger partial charge < -0.3 is 14.9 Å². The van der Waals surface area contributed by atoms with Gasteiger partial charge in [0.15, 0.2) is 6.54 Å². The molecule has 0 aromatic heterocycles. The lowest BCUT2D eigenvalue weighted by atomic mass is 10.2. The number of halogens is 1. The number of hydrogen-bond donors (Lipinski definition) is 4. The van der Waals surface area contributed by atoms with Gasteiger partial charge in [-0.15, -0.1) is 0 Å². The molecule has 4 N–H and O–H groups in total. The van der Waals surface area contributed by atoms with Gasteiger partial charge in [0, 0.05) is 10.6 Å². The van der Waals surface area contributed by atoms with Crippen molar-refractivity contribution >= 4 is 23.7 Å². The van der Waals surface area contributed by atoms with Crippen LogP contribution in [0.15, 0.2) is 53.6 Å². The van der Waals surface area contributed by atoms with E-state index in [9.17, 15) is 9.90 Å². The number of quaternary nitrogens is 2. The van der Waals surface area contributed by atoms with E-state index in [0.717, 1.165) is 43.3 Å². The van der Waals surface area contributed by atoms with E-state index < -0.39 is 0 Å². The first kappa shape index (κ1) is 19.4. The van der Waals surface area contributed by atoms with Crippen LogP contribution in [0.25, 0.3) is 0 Å². The Balaban J connectivity index is 1.39. The molecule has 7 heteroatoms. The fourth-order valence-corrected chi connectivity index (χ4v) is 3.47. The smallest absolute Gasteiger partial charge is 0.295 e. The molecule has 2 aromatic rings. The number of aromatic hydroxyl groups is 1. The van der Waals surface area contributed by atoms with Crippen LogP contribution >= 0.6 is 11.6 Å². The zero-order valence-corrected chi connectivity index (χ0v) is 15.9. The molecular formula is C20H25ClN4O2+2. The zero-order valence-electron chi connectivity index (χ0n) is 15.1. The predicted molar refractivity (Wildman–Crippen MR) is 105 cm³/mol. The van der Waals surface area contributed by atoms with Gasteiger partial charge in [0.25, 0.3) is 5.91 Å².